The minimum atomic E-state index is -0.546. The van der Waals surface area contributed by atoms with E-state index in [1.807, 2.05) is 37.3 Å². The monoisotopic (exact) mass is 261 g/mol. The molecule has 0 saturated carbocycles. The molecule has 0 aromatic heterocycles. The molecule has 0 aliphatic rings. The molecule has 0 spiro atoms. The first-order chi connectivity index (χ1) is 9.06. The molecule has 19 heavy (non-hydrogen) atoms. The van der Waals surface area contributed by atoms with Crippen LogP contribution < -0.4 is 5.73 Å². The smallest absolute Gasteiger partial charge is 0.126 e. The fraction of sp³-hybridized carbons (Fsp3) is 0.250. The first kappa shape index (κ1) is 13.7. The molecule has 2 rings (SSSR count). The van der Waals surface area contributed by atoms with E-state index in [1.165, 1.54) is 12.1 Å². The zero-order chi connectivity index (χ0) is 13.8. The summed E-state index contributed by atoms with van der Waals surface area (Å²) in [5, 5.41) is 0. The predicted molar refractivity (Wildman–Crippen MR) is 72.6 cm³/mol. The van der Waals surface area contributed by atoms with Gasteiger partial charge in [-0.3, -0.25) is 0 Å². The van der Waals surface area contributed by atoms with Crippen LogP contribution >= 0.6 is 0 Å². The maximum Gasteiger partial charge on any atom is 0.126 e. The average Bonchev–Trinajstić information content (AvgIpc) is 2.37. The van der Waals surface area contributed by atoms with E-state index in [-0.39, 0.29) is 12.0 Å². The first-order valence-corrected chi connectivity index (χ1v) is 6.32. The lowest BCUT2D eigenvalue weighted by atomic mass is 9.90. The third-order valence-electron chi connectivity index (χ3n) is 3.28. The second-order valence-electron chi connectivity index (χ2n) is 4.90. The zero-order valence-electron chi connectivity index (χ0n) is 10.8. The van der Waals surface area contributed by atoms with E-state index in [4.69, 9.17) is 5.73 Å². The SMILES string of the molecule is CC(Cc1cc(F)cc(F)c1)C(N)c1ccccc1. The summed E-state index contributed by atoms with van der Waals surface area (Å²) in [5.41, 5.74) is 7.84. The van der Waals surface area contributed by atoms with Crippen LogP contribution in [-0.2, 0) is 6.42 Å². The van der Waals surface area contributed by atoms with Crippen molar-refractivity contribution < 1.29 is 8.78 Å². The van der Waals surface area contributed by atoms with Crippen molar-refractivity contribution in [1.82, 2.24) is 0 Å². The van der Waals surface area contributed by atoms with Gasteiger partial charge in [0.2, 0.25) is 0 Å². The summed E-state index contributed by atoms with van der Waals surface area (Å²) >= 11 is 0. The molecule has 0 fully saturated rings. The van der Waals surface area contributed by atoms with E-state index in [9.17, 15) is 8.78 Å². The van der Waals surface area contributed by atoms with E-state index < -0.39 is 11.6 Å². The van der Waals surface area contributed by atoms with Crippen molar-refractivity contribution in [1.29, 1.82) is 0 Å². The van der Waals surface area contributed by atoms with Gasteiger partial charge in [-0.05, 0) is 35.6 Å². The highest BCUT2D eigenvalue weighted by Crippen LogP contribution is 2.23. The number of hydrogen-bond donors (Lipinski definition) is 1. The minimum Gasteiger partial charge on any atom is -0.324 e. The summed E-state index contributed by atoms with van der Waals surface area (Å²) in [5.74, 6) is -0.991. The number of benzene rings is 2. The molecule has 2 aromatic carbocycles. The van der Waals surface area contributed by atoms with Crippen LogP contribution in [0.3, 0.4) is 0 Å². The van der Waals surface area contributed by atoms with Gasteiger partial charge in [-0.25, -0.2) is 8.78 Å². The van der Waals surface area contributed by atoms with Crippen LogP contribution in [0.1, 0.15) is 24.1 Å². The fourth-order valence-corrected chi connectivity index (χ4v) is 2.23. The lowest BCUT2D eigenvalue weighted by Crippen LogP contribution is -2.20. The molecule has 0 saturated heterocycles. The molecule has 100 valence electrons. The molecule has 0 heterocycles. The van der Waals surface area contributed by atoms with Crippen molar-refractivity contribution in [3.05, 3.63) is 71.3 Å². The van der Waals surface area contributed by atoms with Gasteiger partial charge in [-0.15, -0.1) is 0 Å². The largest absolute Gasteiger partial charge is 0.324 e. The van der Waals surface area contributed by atoms with E-state index >= 15 is 0 Å². The van der Waals surface area contributed by atoms with Gasteiger partial charge in [-0.2, -0.15) is 0 Å². The fourth-order valence-electron chi connectivity index (χ4n) is 2.23. The Kier molecular flexibility index (Phi) is 4.27. The lowest BCUT2D eigenvalue weighted by Gasteiger charge is -2.20. The predicted octanol–water partition coefficient (Wildman–Crippen LogP) is 3.84. The summed E-state index contributed by atoms with van der Waals surface area (Å²) < 4.78 is 26.3. The van der Waals surface area contributed by atoms with Crippen molar-refractivity contribution in [3.8, 4) is 0 Å². The van der Waals surface area contributed by atoms with Gasteiger partial charge in [-0.1, -0.05) is 37.3 Å². The Bertz CT molecular complexity index is 519. The Morgan fingerprint density at radius 1 is 1.00 bits per heavy atom. The molecule has 2 aromatic rings. The number of hydrogen-bond acceptors (Lipinski definition) is 1. The third-order valence-corrected chi connectivity index (χ3v) is 3.28. The van der Waals surface area contributed by atoms with Crippen LogP contribution in [0.4, 0.5) is 8.78 Å². The quantitative estimate of drug-likeness (QED) is 0.889. The molecular formula is C16H17F2N. The highest BCUT2D eigenvalue weighted by Gasteiger charge is 2.15. The van der Waals surface area contributed by atoms with Gasteiger partial charge >= 0.3 is 0 Å². The Morgan fingerprint density at radius 3 is 2.16 bits per heavy atom. The van der Waals surface area contributed by atoms with E-state index in [2.05, 4.69) is 0 Å². The normalized spacial score (nSPS) is 14.1. The van der Waals surface area contributed by atoms with Crippen LogP contribution in [0.25, 0.3) is 0 Å². The molecule has 0 amide bonds. The summed E-state index contributed by atoms with van der Waals surface area (Å²) in [7, 11) is 0. The molecule has 0 bridgehead atoms. The summed E-state index contributed by atoms with van der Waals surface area (Å²) in [6.45, 7) is 1.99. The number of rotatable bonds is 4. The Balaban J connectivity index is 2.10. The van der Waals surface area contributed by atoms with Crippen LogP contribution in [0.5, 0.6) is 0 Å². The van der Waals surface area contributed by atoms with Gasteiger partial charge < -0.3 is 5.73 Å². The Hall–Kier alpha value is -1.74. The van der Waals surface area contributed by atoms with Gasteiger partial charge in [0.05, 0.1) is 0 Å². The molecule has 0 aliphatic heterocycles. The van der Waals surface area contributed by atoms with Gasteiger partial charge in [0.1, 0.15) is 11.6 Å². The highest BCUT2D eigenvalue weighted by molar-refractivity contribution is 5.22. The van der Waals surface area contributed by atoms with Crippen LogP contribution in [0, 0.1) is 17.6 Å². The number of nitrogens with two attached hydrogens (primary N) is 1. The Morgan fingerprint density at radius 2 is 1.58 bits per heavy atom. The second-order valence-corrected chi connectivity index (χ2v) is 4.90. The zero-order valence-corrected chi connectivity index (χ0v) is 10.8. The second kappa shape index (κ2) is 5.93. The molecule has 2 N–H and O–H groups in total. The lowest BCUT2D eigenvalue weighted by molar-refractivity contribution is 0.465. The maximum absolute atomic E-state index is 13.1. The number of halogens is 2. The van der Waals surface area contributed by atoms with E-state index in [0.29, 0.717) is 12.0 Å². The summed E-state index contributed by atoms with van der Waals surface area (Å²) in [4.78, 5) is 0. The van der Waals surface area contributed by atoms with Gasteiger partial charge in [0.25, 0.3) is 0 Å². The van der Waals surface area contributed by atoms with Crippen LogP contribution in [-0.4, -0.2) is 0 Å². The molecule has 0 radical (unpaired) electrons. The average molecular weight is 261 g/mol. The molecule has 2 unspecified atom stereocenters. The summed E-state index contributed by atoms with van der Waals surface area (Å²) in [6.07, 6.45) is 0.546. The Labute approximate surface area is 112 Å². The van der Waals surface area contributed by atoms with E-state index in [0.717, 1.165) is 11.6 Å². The first-order valence-electron chi connectivity index (χ1n) is 6.32. The van der Waals surface area contributed by atoms with Gasteiger partial charge in [0.15, 0.2) is 0 Å². The van der Waals surface area contributed by atoms with Crippen molar-refractivity contribution in [2.45, 2.75) is 19.4 Å². The van der Waals surface area contributed by atoms with Crippen molar-refractivity contribution in [2.75, 3.05) is 0 Å². The standard InChI is InChI=1S/C16H17F2N/c1-11(16(19)13-5-3-2-4-6-13)7-12-8-14(17)10-15(18)9-12/h2-6,8-11,16H,7,19H2,1H3. The van der Waals surface area contributed by atoms with Crippen LogP contribution in [0.15, 0.2) is 48.5 Å². The molecular weight excluding hydrogens is 244 g/mol. The molecule has 1 nitrogen and oxygen atoms in total. The topological polar surface area (TPSA) is 26.0 Å². The van der Waals surface area contributed by atoms with Crippen LogP contribution in [0.2, 0.25) is 0 Å². The van der Waals surface area contributed by atoms with Gasteiger partial charge in [0, 0.05) is 12.1 Å². The highest BCUT2D eigenvalue weighted by atomic mass is 19.1. The molecule has 0 aliphatic carbocycles. The summed E-state index contributed by atoms with van der Waals surface area (Å²) in [6, 6.07) is 13.2. The van der Waals surface area contributed by atoms with E-state index in [1.54, 1.807) is 0 Å². The van der Waals surface area contributed by atoms with Crippen molar-refractivity contribution in [2.24, 2.45) is 11.7 Å². The molecule has 3 heteroatoms. The van der Waals surface area contributed by atoms with Crippen molar-refractivity contribution in [3.63, 3.8) is 0 Å². The molecule has 2 atom stereocenters. The van der Waals surface area contributed by atoms with Crippen molar-refractivity contribution >= 4 is 0 Å². The minimum absolute atomic E-state index is 0.101. The maximum atomic E-state index is 13.1. The third kappa shape index (κ3) is 3.61.